The highest BCUT2D eigenvalue weighted by Gasteiger charge is 2.16. The second kappa shape index (κ2) is 6.51. The van der Waals surface area contributed by atoms with Gasteiger partial charge in [0, 0.05) is 17.1 Å². The molecule has 0 saturated heterocycles. The van der Waals surface area contributed by atoms with Crippen LogP contribution in [0.1, 0.15) is 27.2 Å². The molecule has 2 heterocycles. The van der Waals surface area contributed by atoms with E-state index in [0.29, 0.717) is 17.0 Å². The molecule has 0 aliphatic heterocycles. The Morgan fingerprint density at radius 1 is 1.28 bits per heavy atom. The van der Waals surface area contributed by atoms with Gasteiger partial charge >= 0.3 is 0 Å². The minimum Gasteiger partial charge on any atom is -0.448 e. The molecule has 7 heteroatoms. The zero-order chi connectivity index (χ0) is 18.0. The monoisotopic (exact) mass is 342 g/mol. The van der Waals surface area contributed by atoms with Crippen molar-refractivity contribution in [2.45, 2.75) is 32.7 Å². The number of para-hydroxylation sites is 1. The van der Waals surface area contributed by atoms with Crippen molar-refractivity contribution in [2.24, 2.45) is 0 Å². The summed E-state index contributed by atoms with van der Waals surface area (Å²) < 4.78 is 19.1. The van der Waals surface area contributed by atoms with E-state index >= 15 is 0 Å². The third kappa shape index (κ3) is 3.76. The van der Waals surface area contributed by atoms with Crippen molar-refractivity contribution in [3.05, 3.63) is 52.7 Å². The van der Waals surface area contributed by atoms with Gasteiger partial charge in [-0.25, -0.2) is 9.37 Å². The number of nitrogens with one attached hydrogen (secondary N) is 2. The van der Waals surface area contributed by atoms with E-state index in [1.54, 1.807) is 18.3 Å². The van der Waals surface area contributed by atoms with E-state index < -0.39 is 11.4 Å². The van der Waals surface area contributed by atoms with Gasteiger partial charge < -0.3 is 15.0 Å². The third-order valence-electron chi connectivity index (χ3n) is 3.95. The molecule has 25 heavy (non-hydrogen) atoms. The molecular formula is C18H19FN4O2. The van der Waals surface area contributed by atoms with Crippen LogP contribution in [0.3, 0.4) is 0 Å². The van der Waals surface area contributed by atoms with Crippen LogP contribution in [0.4, 0.5) is 10.3 Å². The molecule has 0 saturated carbocycles. The number of ether oxygens (including phenoxy) is 1. The van der Waals surface area contributed by atoms with Crippen LogP contribution in [0.5, 0.6) is 11.5 Å². The fraction of sp³-hybridized carbons (Fsp3) is 0.278. The predicted octanol–water partition coefficient (Wildman–Crippen LogP) is 3.85. The number of halogens is 1. The fourth-order valence-electron chi connectivity index (χ4n) is 2.15. The Morgan fingerprint density at radius 2 is 2.04 bits per heavy atom. The van der Waals surface area contributed by atoms with E-state index in [9.17, 15) is 9.18 Å². The van der Waals surface area contributed by atoms with Crippen LogP contribution in [0.25, 0.3) is 11.0 Å². The zero-order valence-corrected chi connectivity index (χ0v) is 14.3. The number of pyridine rings is 1. The topological polar surface area (TPSA) is 79.9 Å². The molecule has 0 aliphatic rings. The Kier molecular flexibility index (Phi) is 4.39. The van der Waals surface area contributed by atoms with Crippen molar-refractivity contribution in [1.29, 1.82) is 0 Å². The standard InChI is InChI=1S/C18H19FN4O2/c1-4-18(2,3)23-17-20-10-11-9-14(16(24)21-15(11)22-17)25-13-8-6-5-7-12(13)19/h5-10H,4H2,1-3H3,(H2,20,21,22,23,24). The maximum absolute atomic E-state index is 13.7. The summed E-state index contributed by atoms with van der Waals surface area (Å²) in [4.78, 5) is 23.5. The first-order chi connectivity index (χ1) is 11.9. The highest BCUT2D eigenvalue weighted by molar-refractivity contribution is 5.76. The lowest BCUT2D eigenvalue weighted by molar-refractivity contribution is 0.437. The molecule has 0 bridgehead atoms. The van der Waals surface area contributed by atoms with Crippen molar-refractivity contribution < 1.29 is 9.13 Å². The van der Waals surface area contributed by atoms with E-state index in [1.807, 2.05) is 13.8 Å². The molecule has 2 N–H and O–H groups in total. The maximum atomic E-state index is 13.7. The first-order valence-electron chi connectivity index (χ1n) is 7.98. The van der Waals surface area contributed by atoms with E-state index in [2.05, 4.69) is 27.2 Å². The molecule has 0 fully saturated rings. The Morgan fingerprint density at radius 3 is 2.76 bits per heavy atom. The van der Waals surface area contributed by atoms with E-state index in [0.717, 1.165) is 6.42 Å². The first kappa shape index (κ1) is 16.9. The van der Waals surface area contributed by atoms with Gasteiger partial charge in [0.1, 0.15) is 5.65 Å². The molecule has 0 atom stereocenters. The molecule has 0 aliphatic carbocycles. The van der Waals surface area contributed by atoms with Crippen molar-refractivity contribution in [2.75, 3.05) is 5.32 Å². The number of anilines is 1. The predicted molar refractivity (Wildman–Crippen MR) is 94.6 cm³/mol. The number of hydrogen-bond donors (Lipinski definition) is 2. The van der Waals surface area contributed by atoms with Crippen LogP contribution in [0.15, 0.2) is 41.3 Å². The smallest absolute Gasteiger partial charge is 0.292 e. The number of aromatic nitrogens is 3. The number of hydrogen-bond acceptors (Lipinski definition) is 5. The molecule has 3 aromatic rings. The second-order valence-corrected chi connectivity index (χ2v) is 6.36. The highest BCUT2D eigenvalue weighted by atomic mass is 19.1. The Hall–Kier alpha value is -2.96. The largest absolute Gasteiger partial charge is 0.448 e. The summed E-state index contributed by atoms with van der Waals surface area (Å²) in [6.45, 7) is 6.13. The summed E-state index contributed by atoms with van der Waals surface area (Å²) in [6, 6.07) is 7.39. The van der Waals surface area contributed by atoms with Crippen LogP contribution >= 0.6 is 0 Å². The van der Waals surface area contributed by atoms with Crippen molar-refractivity contribution in [3.8, 4) is 11.5 Å². The minimum atomic E-state index is -0.542. The summed E-state index contributed by atoms with van der Waals surface area (Å²) in [5.74, 6) is -0.149. The molecule has 0 amide bonds. The van der Waals surface area contributed by atoms with Crippen LogP contribution < -0.4 is 15.6 Å². The van der Waals surface area contributed by atoms with Gasteiger partial charge in [0.05, 0.1) is 0 Å². The molecule has 130 valence electrons. The van der Waals surface area contributed by atoms with Gasteiger partial charge in [-0.2, -0.15) is 4.98 Å². The van der Waals surface area contributed by atoms with Crippen LogP contribution in [-0.2, 0) is 0 Å². The number of rotatable bonds is 5. The summed E-state index contributed by atoms with van der Waals surface area (Å²) in [6.07, 6.45) is 2.47. The summed E-state index contributed by atoms with van der Waals surface area (Å²) in [5, 5.41) is 3.81. The maximum Gasteiger partial charge on any atom is 0.292 e. The van der Waals surface area contributed by atoms with Crippen molar-refractivity contribution in [1.82, 2.24) is 15.0 Å². The van der Waals surface area contributed by atoms with Crippen molar-refractivity contribution in [3.63, 3.8) is 0 Å². The van der Waals surface area contributed by atoms with Crippen LogP contribution in [-0.4, -0.2) is 20.5 Å². The number of nitrogens with zero attached hydrogens (tertiary/aromatic N) is 2. The lowest BCUT2D eigenvalue weighted by Gasteiger charge is -2.24. The molecule has 6 nitrogen and oxygen atoms in total. The lowest BCUT2D eigenvalue weighted by atomic mass is 10.0. The van der Waals surface area contributed by atoms with Gasteiger partial charge in [0.25, 0.3) is 5.56 Å². The van der Waals surface area contributed by atoms with Gasteiger partial charge in [0.2, 0.25) is 5.95 Å². The zero-order valence-electron chi connectivity index (χ0n) is 14.3. The lowest BCUT2D eigenvalue weighted by Crippen LogP contribution is -2.30. The molecule has 3 rings (SSSR count). The van der Waals surface area contributed by atoms with Gasteiger partial charge in [-0.1, -0.05) is 19.1 Å². The summed E-state index contributed by atoms with van der Waals surface area (Å²) in [5.41, 5.74) is -0.271. The quantitative estimate of drug-likeness (QED) is 0.736. The Labute approximate surface area is 144 Å². The number of H-pyrrole nitrogens is 1. The molecule has 2 aromatic heterocycles. The van der Waals surface area contributed by atoms with E-state index in [1.165, 1.54) is 18.2 Å². The summed E-state index contributed by atoms with van der Waals surface area (Å²) in [7, 11) is 0. The molecule has 0 spiro atoms. The Bertz CT molecular complexity index is 969. The van der Waals surface area contributed by atoms with Crippen LogP contribution in [0, 0.1) is 5.82 Å². The normalized spacial score (nSPS) is 11.5. The first-order valence-corrected chi connectivity index (χ1v) is 7.98. The minimum absolute atomic E-state index is 0.0174. The molecule has 0 radical (unpaired) electrons. The van der Waals surface area contributed by atoms with Gasteiger partial charge in [0.15, 0.2) is 17.3 Å². The van der Waals surface area contributed by atoms with Gasteiger partial charge in [-0.15, -0.1) is 0 Å². The SMILES string of the molecule is CCC(C)(C)Nc1ncc2cc(Oc3ccccc3F)c(=O)[nH]c2n1. The highest BCUT2D eigenvalue weighted by Crippen LogP contribution is 2.23. The second-order valence-electron chi connectivity index (χ2n) is 6.36. The van der Waals surface area contributed by atoms with Gasteiger partial charge in [-0.05, 0) is 38.5 Å². The van der Waals surface area contributed by atoms with Gasteiger partial charge in [-0.3, -0.25) is 4.79 Å². The average Bonchev–Trinajstić information content (AvgIpc) is 2.57. The molecular weight excluding hydrogens is 323 g/mol. The fourth-order valence-corrected chi connectivity index (χ4v) is 2.15. The Balaban J connectivity index is 1.95. The van der Waals surface area contributed by atoms with Crippen LogP contribution in [0.2, 0.25) is 0 Å². The van der Waals surface area contributed by atoms with E-state index in [-0.39, 0.29) is 17.0 Å². The molecule has 0 unspecified atom stereocenters. The third-order valence-corrected chi connectivity index (χ3v) is 3.95. The van der Waals surface area contributed by atoms with E-state index in [4.69, 9.17) is 4.74 Å². The van der Waals surface area contributed by atoms with Crippen molar-refractivity contribution >= 4 is 17.0 Å². The average molecular weight is 342 g/mol. The summed E-state index contributed by atoms with van der Waals surface area (Å²) >= 11 is 0. The number of aromatic amines is 1. The molecule has 1 aromatic carbocycles. The number of benzene rings is 1. The number of fused-ring (bicyclic) bond motifs is 1.